The van der Waals surface area contributed by atoms with Crippen LogP contribution in [0.2, 0.25) is 0 Å². The second kappa shape index (κ2) is 5.87. The van der Waals surface area contributed by atoms with E-state index in [1.807, 2.05) is 6.20 Å². The number of fused-ring (bicyclic) bond motifs is 1. The zero-order valence-corrected chi connectivity index (χ0v) is 13.9. The number of rotatable bonds is 2. The average molecular weight is 315 g/mol. The molecule has 1 aromatic heterocycles. The topological polar surface area (TPSA) is 54.5 Å². The fraction of sp³-hybridized carbons (Fsp3) is 0.667. The molecule has 4 heterocycles. The van der Waals surface area contributed by atoms with E-state index in [1.54, 1.807) is 0 Å². The minimum absolute atomic E-state index is 0.200. The van der Waals surface area contributed by atoms with E-state index in [-0.39, 0.29) is 11.3 Å². The maximum atomic E-state index is 12.5. The predicted octanol–water partition coefficient (Wildman–Crippen LogP) is 1.56. The Balaban J connectivity index is 1.60. The molecule has 3 aliphatic heterocycles. The van der Waals surface area contributed by atoms with Gasteiger partial charge in [0.15, 0.2) is 0 Å². The van der Waals surface area contributed by atoms with E-state index in [9.17, 15) is 4.79 Å². The van der Waals surface area contributed by atoms with Gasteiger partial charge in [-0.15, -0.1) is 0 Å². The Morgan fingerprint density at radius 1 is 1.39 bits per heavy atom. The van der Waals surface area contributed by atoms with Crippen LogP contribution in [0.25, 0.3) is 0 Å². The third-order valence-electron chi connectivity index (χ3n) is 5.75. The molecule has 1 N–H and O–H groups in total. The first-order valence-corrected chi connectivity index (χ1v) is 8.69. The van der Waals surface area contributed by atoms with Gasteiger partial charge in [-0.2, -0.15) is 0 Å². The van der Waals surface area contributed by atoms with Crippen LogP contribution in [0.3, 0.4) is 0 Å². The summed E-state index contributed by atoms with van der Waals surface area (Å²) in [4.78, 5) is 19.1. The van der Waals surface area contributed by atoms with Crippen molar-refractivity contribution in [3.8, 4) is 0 Å². The maximum absolute atomic E-state index is 12.5. The van der Waals surface area contributed by atoms with E-state index in [1.165, 1.54) is 16.7 Å². The van der Waals surface area contributed by atoms with Gasteiger partial charge in [0, 0.05) is 50.0 Å². The van der Waals surface area contributed by atoms with Crippen molar-refractivity contribution in [3.63, 3.8) is 0 Å². The van der Waals surface area contributed by atoms with Crippen LogP contribution in [0, 0.1) is 12.3 Å². The highest BCUT2D eigenvalue weighted by Crippen LogP contribution is 2.39. The molecule has 0 radical (unpaired) electrons. The molecule has 2 fully saturated rings. The van der Waals surface area contributed by atoms with Crippen molar-refractivity contribution in [3.05, 3.63) is 28.6 Å². The van der Waals surface area contributed by atoms with Crippen molar-refractivity contribution >= 4 is 5.91 Å². The van der Waals surface area contributed by atoms with E-state index in [4.69, 9.17) is 4.74 Å². The Labute approximate surface area is 137 Å². The molecular formula is C18H25N3O2. The van der Waals surface area contributed by atoms with Gasteiger partial charge >= 0.3 is 0 Å². The molecule has 0 bridgehead atoms. The molecule has 4 rings (SSSR count). The number of aryl methyl sites for hydroxylation is 1. The molecule has 5 nitrogen and oxygen atoms in total. The number of hydrogen-bond donors (Lipinski definition) is 1. The average Bonchev–Trinajstić information content (AvgIpc) is 3.02. The van der Waals surface area contributed by atoms with Crippen LogP contribution in [0.5, 0.6) is 0 Å². The normalized spacial score (nSPS) is 27.5. The van der Waals surface area contributed by atoms with Crippen molar-refractivity contribution in [2.45, 2.75) is 45.7 Å². The third-order valence-corrected chi connectivity index (χ3v) is 5.75. The number of ether oxygens (including phenoxy) is 1. The lowest BCUT2D eigenvalue weighted by Gasteiger charge is -2.39. The van der Waals surface area contributed by atoms with Crippen molar-refractivity contribution in [1.29, 1.82) is 0 Å². The fourth-order valence-electron chi connectivity index (χ4n) is 4.26. The number of amides is 1. The molecule has 1 spiro atoms. The summed E-state index contributed by atoms with van der Waals surface area (Å²) in [7, 11) is 0. The summed E-state index contributed by atoms with van der Waals surface area (Å²) >= 11 is 0. The third kappa shape index (κ3) is 2.76. The number of piperidine rings is 1. The van der Waals surface area contributed by atoms with Crippen molar-refractivity contribution in [2.24, 2.45) is 5.41 Å². The second-order valence-electron chi connectivity index (χ2n) is 7.31. The number of likely N-dealkylation sites (tertiary alicyclic amines) is 1. The van der Waals surface area contributed by atoms with Crippen LogP contribution >= 0.6 is 0 Å². The minimum Gasteiger partial charge on any atom is -0.381 e. The van der Waals surface area contributed by atoms with Crippen molar-refractivity contribution < 1.29 is 9.53 Å². The molecule has 1 amide bonds. The van der Waals surface area contributed by atoms with E-state index >= 15 is 0 Å². The molecular weight excluding hydrogens is 290 g/mol. The summed E-state index contributed by atoms with van der Waals surface area (Å²) in [6, 6.07) is 0. The first kappa shape index (κ1) is 15.1. The summed E-state index contributed by atoms with van der Waals surface area (Å²) in [6.07, 6.45) is 5.75. The van der Waals surface area contributed by atoms with Gasteiger partial charge in [-0.05, 0) is 49.4 Å². The van der Waals surface area contributed by atoms with Gasteiger partial charge in [0.2, 0.25) is 5.91 Å². The molecule has 124 valence electrons. The molecule has 23 heavy (non-hydrogen) atoms. The summed E-state index contributed by atoms with van der Waals surface area (Å²) in [5.41, 5.74) is 5.24. The molecule has 0 saturated carbocycles. The zero-order chi connectivity index (χ0) is 15.9. The Hall–Kier alpha value is -1.46. The number of nitrogens with zero attached hydrogens (tertiary/aromatic N) is 2. The number of hydrogen-bond acceptors (Lipinski definition) is 4. The number of pyridine rings is 1. The fourth-order valence-corrected chi connectivity index (χ4v) is 4.26. The van der Waals surface area contributed by atoms with Crippen molar-refractivity contribution in [2.75, 3.05) is 26.3 Å². The molecule has 3 aliphatic rings. The minimum atomic E-state index is 0.200. The summed E-state index contributed by atoms with van der Waals surface area (Å²) in [5.74, 6) is 0.286. The number of carbonyl (C=O) groups is 1. The standard InChI is InChI=1S/C18H25N3O2/c1-13-16(15-3-6-19-8-14(15)9-20-13)10-21-11-18(4-2-17(21)22)5-7-23-12-18/h9,19H,2-8,10-12H2,1H3. The molecule has 0 aromatic carbocycles. The zero-order valence-electron chi connectivity index (χ0n) is 13.9. The van der Waals surface area contributed by atoms with Gasteiger partial charge < -0.3 is 15.0 Å². The lowest BCUT2D eigenvalue weighted by atomic mass is 9.79. The van der Waals surface area contributed by atoms with Gasteiger partial charge in [-0.25, -0.2) is 0 Å². The molecule has 1 aromatic rings. The monoisotopic (exact) mass is 315 g/mol. The van der Waals surface area contributed by atoms with Crippen LogP contribution in [0.15, 0.2) is 6.20 Å². The molecule has 2 saturated heterocycles. The van der Waals surface area contributed by atoms with Crippen molar-refractivity contribution in [1.82, 2.24) is 15.2 Å². The first-order valence-electron chi connectivity index (χ1n) is 8.69. The van der Waals surface area contributed by atoms with Gasteiger partial charge in [0.25, 0.3) is 0 Å². The van der Waals surface area contributed by atoms with Crippen LogP contribution in [0.4, 0.5) is 0 Å². The molecule has 1 atom stereocenters. The second-order valence-corrected chi connectivity index (χ2v) is 7.31. The Bertz CT molecular complexity index is 623. The molecule has 5 heteroatoms. The van der Waals surface area contributed by atoms with Crippen LogP contribution in [-0.2, 0) is 29.0 Å². The highest BCUT2D eigenvalue weighted by atomic mass is 16.5. The van der Waals surface area contributed by atoms with E-state index in [2.05, 4.69) is 22.1 Å². The van der Waals surface area contributed by atoms with Gasteiger partial charge in [0.05, 0.1) is 6.61 Å². The van der Waals surface area contributed by atoms with Crippen LogP contribution in [-0.4, -0.2) is 42.1 Å². The number of carbonyl (C=O) groups excluding carboxylic acids is 1. The summed E-state index contributed by atoms with van der Waals surface area (Å²) in [5, 5.41) is 3.40. The highest BCUT2D eigenvalue weighted by molar-refractivity contribution is 5.77. The largest absolute Gasteiger partial charge is 0.381 e. The SMILES string of the molecule is Cc1ncc2c(c1CN1CC3(CCOC3)CCC1=O)CCNC2. The lowest BCUT2D eigenvalue weighted by molar-refractivity contribution is -0.138. The Morgan fingerprint density at radius 3 is 3.13 bits per heavy atom. The van der Waals surface area contributed by atoms with Gasteiger partial charge in [-0.1, -0.05) is 0 Å². The molecule has 0 aliphatic carbocycles. The predicted molar refractivity (Wildman–Crippen MR) is 86.9 cm³/mol. The van der Waals surface area contributed by atoms with E-state index in [0.29, 0.717) is 13.0 Å². The lowest BCUT2D eigenvalue weighted by Crippen LogP contribution is -2.46. The van der Waals surface area contributed by atoms with Crippen LogP contribution < -0.4 is 5.32 Å². The number of nitrogens with one attached hydrogen (secondary N) is 1. The Morgan fingerprint density at radius 2 is 2.30 bits per heavy atom. The smallest absolute Gasteiger partial charge is 0.222 e. The van der Waals surface area contributed by atoms with E-state index in [0.717, 1.165) is 57.8 Å². The van der Waals surface area contributed by atoms with Gasteiger partial charge in [0.1, 0.15) is 0 Å². The molecule has 1 unspecified atom stereocenters. The highest BCUT2D eigenvalue weighted by Gasteiger charge is 2.41. The Kier molecular flexibility index (Phi) is 3.85. The quantitative estimate of drug-likeness (QED) is 0.900. The maximum Gasteiger partial charge on any atom is 0.222 e. The first-order chi connectivity index (χ1) is 11.2. The summed E-state index contributed by atoms with van der Waals surface area (Å²) < 4.78 is 5.63. The number of aromatic nitrogens is 1. The van der Waals surface area contributed by atoms with Gasteiger partial charge in [-0.3, -0.25) is 9.78 Å². The van der Waals surface area contributed by atoms with Crippen LogP contribution in [0.1, 0.15) is 41.6 Å². The summed E-state index contributed by atoms with van der Waals surface area (Å²) in [6.45, 7) is 7.17. The van der Waals surface area contributed by atoms with E-state index < -0.39 is 0 Å².